The fourth-order valence-electron chi connectivity index (χ4n) is 2.69. The second-order valence-corrected chi connectivity index (χ2v) is 7.98. The van der Waals surface area contributed by atoms with Crippen molar-refractivity contribution < 1.29 is 22.1 Å². The molecule has 3 aromatic rings. The van der Waals surface area contributed by atoms with Crippen LogP contribution < -0.4 is 8.92 Å². The summed E-state index contributed by atoms with van der Waals surface area (Å²) in [5.74, 6) is 0.150. The van der Waals surface area contributed by atoms with Crippen LogP contribution in [0, 0.1) is 0 Å². The van der Waals surface area contributed by atoms with Crippen LogP contribution >= 0.6 is 11.6 Å². The standard InChI is InChI=1S/C21H13ClO5S/c22-15-8-6-14(7-9-15)12-20-21(23)18-11-10-16(13-19(18)26-20)27-28(24,25)17-4-2-1-3-5-17/h1-13H. The van der Waals surface area contributed by atoms with Gasteiger partial charge in [0, 0.05) is 11.1 Å². The average molecular weight is 413 g/mol. The van der Waals surface area contributed by atoms with Gasteiger partial charge >= 0.3 is 10.1 Å². The third-order valence-electron chi connectivity index (χ3n) is 4.05. The van der Waals surface area contributed by atoms with Crippen molar-refractivity contribution in [3.63, 3.8) is 0 Å². The summed E-state index contributed by atoms with van der Waals surface area (Å²) in [4.78, 5) is 12.5. The maximum absolute atomic E-state index is 12.5. The van der Waals surface area contributed by atoms with Gasteiger partial charge in [-0.2, -0.15) is 8.42 Å². The van der Waals surface area contributed by atoms with E-state index in [1.807, 2.05) is 0 Å². The Morgan fingerprint density at radius 1 is 0.929 bits per heavy atom. The molecule has 5 nitrogen and oxygen atoms in total. The van der Waals surface area contributed by atoms with E-state index in [-0.39, 0.29) is 27.9 Å². The number of ether oxygens (including phenoxy) is 1. The first-order chi connectivity index (χ1) is 13.4. The van der Waals surface area contributed by atoms with Gasteiger partial charge in [-0.1, -0.05) is 41.9 Å². The lowest BCUT2D eigenvalue weighted by Gasteiger charge is -2.07. The third kappa shape index (κ3) is 3.65. The highest BCUT2D eigenvalue weighted by Crippen LogP contribution is 2.35. The highest BCUT2D eigenvalue weighted by molar-refractivity contribution is 7.87. The molecule has 7 heteroatoms. The monoisotopic (exact) mass is 412 g/mol. The quantitative estimate of drug-likeness (QED) is 0.458. The van der Waals surface area contributed by atoms with Crippen molar-refractivity contribution in [2.45, 2.75) is 4.90 Å². The summed E-state index contributed by atoms with van der Waals surface area (Å²) < 4.78 is 35.5. The number of Topliss-reactive ketones (excluding diaryl/α,β-unsaturated/α-hetero) is 1. The molecule has 0 bridgehead atoms. The molecule has 4 rings (SSSR count). The predicted molar refractivity (Wildman–Crippen MR) is 105 cm³/mol. The number of hydrogen-bond donors (Lipinski definition) is 0. The molecule has 0 saturated carbocycles. The van der Waals surface area contributed by atoms with Gasteiger partial charge in [-0.25, -0.2) is 0 Å². The summed E-state index contributed by atoms with van der Waals surface area (Å²) >= 11 is 5.86. The van der Waals surface area contributed by atoms with Crippen LogP contribution in [-0.2, 0) is 10.1 Å². The Bertz CT molecular complexity index is 1180. The Morgan fingerprint density at radius 3 is 2.36 bits per heavy atom. The minimum absolute atomic E-state index is 0.0378. The summed E-state index contributed by atoms with van der Waals surface area (Å²) in [6.07, 6.45) is 1.60. The number of rotatable bonds is 4. The fraction of sp³-hybridized carbons (Fsp3) is 0. The van der Waals surface area contributed by atoms with E-state index in [9.17, 15) is 13.2 Å². The Hall–Kier alpha value is -3.09. The number of benzene rings is 3. The SMILES string of the molecule is O=C1C(=Cc2ccc(Cl)cc2)Oc2cc(OS(=O)(=O)c3ccccc3)ccc21. The van der Waals surface area contributed by atoms with Crippen molar-refractivity contribution in [1.82, 2.24) is 0 Å². The van der Waals surface area contributed by atoms with Gasteiger partial charge in [-0.15, -0.1) is 0 Å². The molecule has 0 fully saturated rings. The number of allylic oxidation sites excluding steroid dienone is 1. The zero-order valence-corrected chi connectivity index (χ0v) is 15.9. The maximum atomic E-state index is 12.5. The van der Waals surface area contributed by atoms with Gasteiger partial charge in [0.05, 0.1) is 5.56 Å². The molecule has 0 unspecified atom stereocenters. The molecule has 1 heterocycles. The number of carbonyl (C=O) groups excluding carboxylic acids is 1. The molecule has 0 spiro atoms. The minimum atomic E-state index is -3.98. The molecular formula is C21H13ClO5S. The summed E-state index contributed by atoms with van der Waals surface area (Å²) in [5, 5.41) is 0.588. The molecule has 0 saturated heterocycles. The normalized spacial score (nSPS) is 14.6. The lowest BCUT2D eigenvalue weighted by Crippen LogP contribution is -2.09. The van der Waals surface area contributed by atoms with E-state index in [0.29, 0.717) is 10.6 Å². The van der Waals surface area contributed by atoms with Crippen LogP contribution in [0.5, 0.6) is 11.5 Å². The summed E-state index contributed by atoms with van der Waals surface area (Å²) in [7, 11) is -3.98. The number of hydrogen-bond acceptors (Lipinski definition) is 5. The first kappa shape index (κ1) is 18.3. The predicted octanol–water partition coefficient (Wildman–Crippen LogP) is 4.72. The van der Waals surface area contributed by atoms with Crippen molar-refractivity contribution in [1.29, 1.82) is 0 Å². The lowest BCUT2D eigenvalue weighted by molar-refractivity contribution is 0.101. The molecule has 0 amide bonds. The van der Waals surface area contributed by atoms with E-state index in [4.69, 9.17) is 20.5 Å². The van der Waals surface area contributed by atoms with E-state index in [0.717, 1.165) is 5.56 Å². The van der Waals surface area contributed by atoms with Gasteiger partial charge < -0.3 is 8.92 Å². The average Bonchev–Trinajstić information content (AvgIpc) is 2.99. The van der Waals surface area contributed by atoms with Crippen LogP contribution in [0.2, 0.25) is 5.02 Å². The van der Waals surface area contributed by atoms with Gasteiger partial charge in [-0.3, -0.25) is 4.79 Å². The summed E-state index contributed by atoms with van der Waals surface area (Å²) in [6, 6.07) is 19.0. The molecule has 0 radical (unpaired) electrons. The first-order valence-electron chi connectivity index (χ1n) is 8.26. The highest BCUT2D eigenvalue weighted by atomic mass is 35.5. The van der Waals surface area contributed by atoms with E-state index in [1.54, 1.807) is 48.5 Å². The van der Waals surface area contributed by atoms with Crippen LogP contribution in [0.1, 0.15) is 15.9 Å². The van der Waals surface area contributed by atoms with Gasteiger partial charge in [-0.05, 0) is 48.0 Å². The van der Waals surface area contributed by atoms with E-state index >= 15 is 0 Å². The molecule has 0 N–H and O–H groups in total. The Morgan fingerprint density at radius 2 is 1.64 bits per heavy atom. The minimum Gasteiger partial charge on any atom is -0.452 e. The molecule has 1 aliphatic heterocycles. The summed E-state index contributed by atoms with van der Waals surface area (Å²) in [5.41, 5.74) is 1.09. The zero-order chi connectivity index (χ0) is 19.7. The molecular weight excluding hydrogens is 400 g/mol. The number of fused-ring (bicyclic) bond motifs is 1. The zero-order valence-electron chi connectivity index (χ0n) is 14.3. The van der Waals surface area contributed by atoms with Gasteiger partial charge in [0.15, 0.2) is 5.76 Å². The number of halogens is 1. The molecule has 140 valence electrons. The first-order valence-corrected chi connectivity index (χ1v) is 10.0. The van der Waals surface area contributed by atoms with Crippen LogP contribution in [0.25, 0.3) is 6.08 Å². The van der Waals surface area contributed by atoms with Crippen LogP contribution in [0.15, 0.2) is 83.5 Å². The van der Waals surface area contributed by atoms with Gasteiger partial charge in [0.25, 0.3) is 0 Å². The van der Waals surface area contributed by atoms with Crippen LogP contribution in [-0.4, -0.2) is 14.2 Å². The number of ketones is 1. The summed E-state index contributed by atoms with van der Waals surface area (Å²) in [6.45, 7) is 0. The number of carbonyl (C=O) groups is 1. The topological polar surface area (TPSA) is 69.7 Å². The van der Waals surface area contributed by atoms with E-state index in [2.05, 4.69) is 0 Å². The van der Waals surface area contributed by atoms with Gasteiger partial charge in [0.2, 0.25) is 5.78 Å². The Labute approximate surface area is 166 Å². The Balaban J connectivity index is 1.60. The fourth-order valence-corrected chi connectivity index (χ4v) is 3.76. The van der Waals surface area contributed by atoms with Crippen molar-refractivity contribution >= 4 is 33.6 Å². The lowest BCUT2D eigenvalue weighted by atomic mass is 10.1. The van der Waals surface area contributed by atoms with E-state index < -0.39 is 10.1 Å². The largest absolute Gasteiger partial charge is 0.452 e. The van der Waals surface area contributed by atoms with Crippen LogP contribution in [0.4, 0.5) is 0 Å². The van der Waals surface area contributed by atoms with Crippen molar-refractivity contribution in [3.8, 4) is 11.5 Å². The third-order valence-corrected chi connectivity index (χ3v) is 5.56. The molecule has 0 aromatic heterocycles. The Kier molecular flexibility index (Phi) is 4.66. The second kappa shape index (κ2) is 7.14. The van der Waals surface area contributed by atoms with Crippen molar-refractivity contribution in [2.24, 2.45) is 0 Å². The van der Waals surface area contributed by atoms with Gasteiger partial charge in [0.1, 0.15) is 16.4 Å². The molecule has 3 aromatic carbocycles. The van der Waals surface area contributed by atoms with Crippen LogP contribution in [0.3, 0.4) is 0 Å². The highest BCUT2D eigenvalue weighted by Gasteiger charge is 2.28. The van der Waals surface area contributed by atoms with Crippen molar-refractivity contribution in [3.05, 3.63) is 94.7 Å². The molecule has 0 aliphatic carbocycles. The second-order valence-electron chi connectivity index (χ2n) is 6.00. The van der Waals surface area contributed by atoms with E-state index in [1.165, 1.54) is 30.3 Å². The molecule has 1 aliphatic rings. The molecule has 28 heavy (non-hydrogen) atoms. The molecule has 0 atom stereocenters. The van der Waals surface area contributed by atoms with Crippen molar-refractivity contribution in [2.75, 3.05) is 0 Å². The maximum Gasteiger partial charge on any atom is 0.339 e. The smallest absolute Gasteiger partial charge is 0.339 e.